The van der Waals surface area contributed by atoms with Crippen molar-refractivity contribution >= 4 is 23.5 Å². The maximum absolute atomic E-state index is 13.4. The predicted molar refractivity (Wildman–Crippen MR) is 118 cm³/mol. The highest BCUT2D eigenvalue weighted by Gasteiger charge is 2.36. The van der Waals surface area contributed by atoms with Gasteiger partial charge in [0.05, 0.1) is 6.61 Å². The van der Waals surface area contributed by atoms with Gasteiger partial charge in [-0.05, 0) is 68.4 Å². The van der Waals surface area contributed by atoms with Crippen LogP contribution in [0.5, 0.6) is 0 Å². The third-order valence-corrected chi connectivity index (χ3v) is 6.77. The number of benzene rings is 2. The largest absolute Gasteiger partial charge is 0.465 e. The second-order valence-electron chi connectivity index (χ2n) is 7.68. The van der Waals surface area contributed by atoms with Crippen molar-refractivity contribution in [3.8, 4) is 0 Å². The minimum atomic E-state index is -0.707. The predicted octanol–water partition coefficient (Wildman–Crippen LogP) is 5.67. The van der Waals surface area contributed by atoms with E-state index in [0.29, 0.717) is 18.9 Å². The van der Waals surface area contributed by atoms with Crippen LogP contribution in [0.4, 0.5) is 0 Å². The standard InChI is InChI=1S/C25H30O3S/c1-3-28-25(27)22(17-21-11-7-8-12-23(21)29-2)24(26)20-15-13-19(14-16-20)18-9-5-4-6-10-18/h4-12,19-20,22H,3,13-17H2,1-2H3. The Bertz CT molecular complexity index is 810. The van der Waals surface area contributed by atoms with Crippen LogP contribution < -0.4 is 0 Å². The van der Waals surface area contributed by atoms with E-state index in [-0.39, 0.29) is 17.7 Å². The van der Waals surface area contributed by atoms with Gasteiger partial charge in [0.2, 0.25) is 0 Å². The van der Waals surface area contributed by atoms with Crippen LogP contribution in [-0.4, -0.2) is 24.6 Å². The van der Waals surface area contributed by atoms with Crippen molar-refractivity contribution in [2.24, 2.45) is 11.8 Å². The third-order valence-electron chi connectivity index (χ3n) is 5.93. The van der Waals surface area contributed by atoms with Crippen molar-refractivity contribution in [2.75, 3.05) is 12.9 Å². The van der Waals surface area contributed by atoms with Crippen LogP contribution in [0.25, 0.3) is 0 Å². The lowest BCUT2D eigenvalue weighted by Gasteiger charge is -2.30. The summed E-state index contributed by atoms with van der Waals surface area (Å²) in [5.41, 5.74) is 2.40. The molecule has 3 nitrogen and oxygen atoms in total. The van der Waals surface area contributed by atoms with Crippen LogP contribution in [0.3, 0.4) is 0 Å². The molecule has 1 atom stereocenters. The first kappa shape index (κ1) is 21.6. The van der Waals surface area contributed by atoms with E-state index in [0.717, 1.165) is 36.1 Å². The molecule has 2 aromatic rings. The number of Topliss-reactive ketones (excluding diaryl/α,β-unsaturated/α-hetero) is 1. The van der Waals surface area contributed by atoms with Crippen LogP contribution >= 0.6 is 11.8 Å². The number of thioether (sulfide) groups is 1. The van der Waals surface area contributed by atoms with Crippen molar-refractivity contribution < 1.29 is 14.3 Å². The molecule has 0 N–H and O–H groups in total. The van der Waals surface area contributed by atoms with E-state index < -0.39 is 5.92 Å². The topological polar surface area (TPSA) is 43.4 Å². The van der Waals surface area contributed by atoms with Gasteiger partial charge >= 0.3 is 5.97 Å². The molecule has 1 saturated carbocycles. The number of ketones is 1. The number of carbonyl (C=O) groups excluding carboxylic acids is 2. The van der Waals surface area contributed by atoms with Gasteiger partial charge in [0.1, 0.15) is 5.92 Å². The molecule has 0 spiro atoms. The molecule has 0 aromatic heterocycles. The van der Waals surface area contributed by atoms with E-state index in [1.165, 1.54) is 5.56 Å². The molecule has 1 aliphatic carbocycles. The molecule has 1 fully saturated rings. The molecule has 0 bridgehead atoms. The van der Waals surface area contributed by atoms with Crippen molar-refractivity contribution in [1.29, 1.82) is 0 Å². The van der Waals surface area contributed by atoms with E-state index >= 15 is 0 Å². The van der Waals surface area contributed by atoms with Gasteiger partial charge in [-0.15, -0.1) is 11.8 Å². The van der Waals surface area contributed by atoms with Gasteiger partial charge in [-0.1, -0.05) is 48.5 Å². The second kappa shape index (κ2) is 10.6. The van der Waals surface area contributed by atoms with Crippen LogP contribution in [0.1, 0.15) is 49.7 Å². The average molecular weight is 411 g/mol. The molecule has 4 heteroatoms. The maximum atomic E-state index is 13.4. The van der Waals surface area contributed by atoms with Crippen LogP contribution in [-0.2, 0) is 20.7 Å². The van der Waals surface area contributed by atoms with Gasteiger partial charge in [0.15, 0.2) is 5.78 Å². The minimum Gasteiger partial charge on any atom is -0.465 e. The highest BCUT2D eigenvalue weighted by Crippen LogP contribution is 2.37. The van der Waals surface area contributed by atoms with Crippen molar-refractivity contribution in [3.63, 3.8) is 0 Å². The first-order valence-electron chi connectivity index (χ1n) is 10.5. The molecule has 3 rings (SSSR count). The highest BCUT2D eigenvalue weighted by atomic mass is 32.2. The number of hydrogen-bond donors (Lipinski definition) is 0. The quantitative estimate of drug-likeness (QED) is 0.319. The van der Waals surface area contributed by atoms with Crippen molar-refractivity contribution in [1.82, 2.24) is 0 Å². The van der Waals surface area contributed by atoms with Gasteiger partial charge in [0, 0.05) is 10.8 Å². The van der Waals surface area contributed by atoms with Gasteiger partial charge in [0.25, 0.3) is 0 Å². The Morgan fingerprint density at radius 3 is 2.31 bits per heavy atom. The number of hydrogen-bond acceptors (Lipinski definition) is 4. The van der Waals surface area contributed by atoms with Gasteiger partial charge in [-0.2, -0.15) is 0 Å². The first-order chi connectivity index (χ1) is 14.1. The molecule has 0 radical (unpaired) electrons. The van der Waals surface area contributed by atoms with Crippen LogP contribution in [0.2, 0.25) is 0 Å². The van der Waals surface area contributed by atoms with Crippen molar-refractivity contribution in [2.45, 2.75) is 49.8 Å². The molecule has 0 saturated heterocycles. The average Bonchev–Trinajstić information content (AvgIpc) is 2.78. The highest BCUT2D eigenvalue weighted by molar-refractivity contribution is 7.98. The van der Waals surface area contributed by atoms with E-state index in [4.69, 9.17) is 4.74 Å². The monoisotopic (exact) mass is 410 g/mol. The summed E-state index contributed by atoms with van der Waals surface area (Å²) in [7, 11) is 0. The molecule has 1 aliphatic rings. The summed E-state index contributed by atoms with van der Waals surface area (Å²) in [6.45, 7) is 2.09. The van der Waals surface area contributed by atoms with Crippen molar-refractivity contribution in [3.05, 3.63) is 65.7 Å². The summed E-state index contributed by atoms with van der Waals surface area (Å²) >= 11 is 1.64. The Labute approximate surface area is 178 Å². The lowest BCUT2D eigenvalue weighted by Crippen LogP contribution is -2.34. The van der Waals surface area contributed by atoms with E-state index in [1.807, 2.05) is 36.6 Å². The minimum absolute atomic E-state index is 0.0502. The summed E-state index contributed by atoms with van der Waals surface area (Å²) in [6, 6.07) is 18.5. The zero-order chi connectivity index (χ0) is 20.6. The number of ether oxygens (including phenoxy) is 1. The fraction of sp³-hybridized carbons (Fsp3) is 0.440. The second-order valence-corrected chi connectivity index (χ2v) is 8.53. The Hall–Kier alpha value is -2.07. The zero-order valence-electron chi connectivity index (χ0n) is 17.3. The molecular weight excluding hydrogens is 380 g/mol. The molecule has 2 aromatic carbocycles. The van der Waals surface area contributed by atoms with E-state index in [2.05, 4.69) is 24.3 Å². The summed E-state index contributed by atoms with van der Waals surface area (Å²) in [5, 5.41) is 0. The fourth-order valence-corrected chi connectivity index (χ4v) is 4.98. The fourth-order valence-electron chi connectivity index (χ4n) is 4.36. The van der Waals surface area contributed by atoms with Gasteiger partial charge in [-0.25, -0.2) is 0 Å². The molecule has 29 heavy (non-hydrogen) atoms. The summed E-state index contributed by atoms with van der Waals surface area (Å²) in [5.74, 6) is -0.560. The summed E-state index contributed by atoms with van der Waals surface area (Å²) < 4.78 is 5.29. The lowest BCUT2D eigenvalue weighted by molar-refractivity contribution is -0.152. The molecule has 1 unspecified atom stereocenters. The Balaban J connectivity index is 1.71. The summed E-state index contributed by atoms with van der Waals surface area (Å²) in [4.78, 5) is 27.1. The van der Waals surface area contributed by atoms with E-state index in [9.17, 15) is 9.59 Å². The Morgan fingerprint density at radius 1 is 1.00 bits per heavy atom. The first-order valence-corrected chi connectivity index (χ1v) is 11.7. The number of esters is 1. The normalized spacial score (nSPS) is 20.1. The summed E-state index contributed by atoms with van der Waals surface area (Å²) in [6.07, 6.45) is 6.13. The molecular formula is C25H30O3S. The maximum Gasteiger partial charge on any atom is 0.316 e. The van der Waals surface area contributed by atoms with Gasteiger partial charge < -0.3 is 4.74 Å². The smallest absolute Gasteiger partial charge is 0.316 e. The van der Waals surface area contributed by atoms with Crippen LogP contribution in [0, 0.1) is 11.8 Å². The number of carbonyl (C=O) groups is 2. The van der Waals surface area contributed by atoms with Crippen LogP contribution in [0.15, 0.2) is 59.5 Å². The molecule has 0 amide bonds. The molecule has 0 heterocycles. The zero-order valence-corrected chi connectivity index (χ0v) is 18.1. The number of rotatable bonds is 8. The van der Waals surface area contributed by atoms with E-state index in [1.54, 1.807) is 18.7 Å². The lowest BCUT2D eigenvalue weighted by atomic mass is 9.74. The molecule has 0 aliphatic heterocycles. The Morgan fingerprint density at radius 2 is 1.66 bits per heavy atom. The van der Waals surface area contributed by atoms with Gasteiger partial charge in [-0.3, -0.25) is 9.59 Å². The Kier molecular flexibility index (Phi) is 7.93. The third kappa shape index (κ3) is 5.51. The molecule has 154 valence electrons. The SMILES string of the molecule is CCOC(=O)C(Cc1ccccc1SC)C(=O)C1CCC(c2ccccc2)CC1.